The highest BCUT2D eigenvalue weighted by Crippen LogP contribution is 2.19. The van der Waals surface area contributed by atoms with Crippen LogP contribution in [-0.2, 0) is 0 Å². The van der Waals surface area contributed by atoms with Gasteiger partial charge >= 0.3 is 0 Å². The first-order valence-electron chi connectivity index (χ1n) is 5.40. The number of alkyl halides is 1. The van der Waals surface area contributed by atoms with Gasteiger partial charge in [-0.2, -0.15) is 0 Å². The lowest BCUT2D eigenvalue weighted by molar-refractivity contribution is 0.102. The summed E-state index contributed by atoms with van der Waals surface area (Å²) in [7, 11) is 0. The van der Waals surface area contributed by atoms with Gasteiger partial charge in [-0.05, 0) is 10.8 Å². The molecule has 0 fully saturated rings. The highest BCUT2D eigenvalue weighted by Gasteiger charge is 2.06. The fourth-order valence-electron chi connectivity index (χ4n) is 1.54. The molecule has 0 amide bonds. The minimum absolute atomic E-state index is 0.127. The Kier molecular flexibility index (Phi) is 5.20. The molecule has 0 N–H and O–H groups in total. The van der Waals surface area contributed by atoms with Crippen LogP contribution in [0.4, 0.5) is 0 Å². The quantitative estimate of drug-likeness (QED) is 0.586. The van der Waals surface area contributed by atoms with Gasteiger partial charge in [-0.3, -0.25) is 4.79 Å². The number of Topliss-reactive ketones (excluding diaryl/α,β-unsaturated/α-hetero) is 1. The topological polar surface area (TPSA) is 17.1 Å². The van der Waals surface area contributed by atoms with Crippen LogP contribution in [-0.4, -0.2) is 11.1 Å². The van der Waals surface area contributed by atoms with Crippen LogP contribution >= 0.6 is 15.9 Å². The maximum Gasteiger partial charge on any atom is 0.173 e. The first-order chi connectivity index (χ1) is 7.83. The summed E-state index contributed by atoms with van der Waals surface area (Å²) in [4.78, 5) is 11.6. The molecule has 1 nitrogen and oxygen atoms in total. The second kappa shape index (κ2) is 6.44. The number of rotatable bonds is 2. The van der Waals surface area contributed by atoms with Gasteiger partial charge in [0.05, 0.1) is 5.33 Å². The molecule has 0 bridgehead atoms. The zero-order chi connectivity index (χ0) is 12.0. The molecule has 0 saturated heterocycles. The normalized spacial score (nSPS) is 9.44. The zero-order valence-electron chi connectivity index (χ0n) is 9.53. The van der Waals surface area contributed by atoms with E-state index in [0.29, 0.717) is 5.33 Å². The van der Waals surface area contributed by atoms with E-state index in [4.69, 9.17) is 0 Å². The van der Waals surface area contributed by atoms with E-state index in [2.05, 4.69) is 15.9 Å². The van der Waals surface area contributed by atoms with Crippen molar-refractivity contribution in [1.29, 1.82) is 0 Å². The van der Waals surface area contributed by atoms with Gasteiger partial charge in [0.15, 0.2) is 5.78 Å². The maximum absolute atomic E-state index is 11.6. The van der Waals surface area contributed by atoms with Crippen LogP contribution in [0.3, 0.4) is 0 Å². The lowest BCUT2D eigenvalue weighted by Crippen LogP contribution is -2.00. The van der Waals surface area contributed by atoms with E-state index in [1.165, 1.54) is 0 Å². The number of benzene rings is 2. The van der Waals surface area contributed by atoms with Crippen LogP contribution in [0.25, 0.3) is 10.8 Å². The Morgan fingerprint density at radius 3 is 2.38 bits per heavy atom. The van der Waals surface area contributed by atoms with E-state index in [9.17, 15) is 4.79 Å². The lowest BCUT2D eigenvalue weighted by Gasteiger charge is -2.02. The van der Waals surface area contributed by atoms with Crippen molar-refractivity contribution in [3.05, 3.63) is 48.0 Å². The van der Waals surface area contributed by atoms with Crippen molar-refractivity contribution in [2.24, 2.45) is 0 Å². The number of hydrogen-bond donors (Lipinski definition) is 0. The predicted molar refractivity (Wildman–Crippen MR) is 73.4 cm³/mol. The summed E-state index contributed by atoms with van der Waals surface area (Å²) in [6, 6.07) is 13.7. The molecular formula is C14H15BrO. The van der Waals surface area contributed by atoms with Crippen molar-refractivity contribution in [3.63, 3.8) is 0 Å². The van der Waals surface area contributed by atoms with E-state index < -0.39 is 0 Å². The number of fused-ring (bicyclic) bond motifs is 1. The molecule has 2 aromatic carbocycles. The van der Waals surface area contributed by atoms with Crippen molar-refractivity contribution < 1.29 is 4.79 Å². The van der Waals surface area contributed by atoms with Crippen LogP contribution in [0.5, 0.6) is 0 Å². The molecule has 0 spiro atoms. The smallest absolute Gasteiger partial charge is 0.173 e. The molecule has 0 saturated carbocycles. The number of hydrogen-bond acceptors (Lipinski definition) is 1. The third kappa shape index (κ3) is 2.70. The van der Waals surface area contributed by atoms with Crippen LogP contribution in [0, 0.1) is 0 Å². The van der Waals surface area contributed by atoms with Crippen molar-refractivity contribution in [1.82, 2.24) is 0 Å². The molecule has 2 rings (SSSR count). The van der Waals surface area contributed by atoms with E-state index >= 15 is 0 Å². The first kappa shape index (κ1) is 12.9. The van der Waals surface area contributed by atoms with Crippen molar-refractivity contribution >= 4 is 32.5 Å². The van der Waals surface area contributed by atoms with Gasteiger partial charge in [-0.15, -0.1) is 0 Å². The van der Waals surface area contributed by atoms with E-state index in [0.717, 1.165) is 16.3 Å². The minimum atomic E-state index is 0.127. The molecule has 0 aromatic heterocycles. The summed E-state index contributed by atoms with van der Waals surface area (Å²) in [6.07, 6.45) is 0. The Labute approximate surface area is 105 Å². The molecule has 2 heteroatoms. The molecule has 84 valence electrons. The second-order valence-corrected chi connectivity index (χ2v) is 3.64. The van der Waals surface area contributed by atoms with Crippen LogP contribution in [0.2, 0.25) is 0 Å². The summed E-state index contributed by atoms with van der Waals surface area (Å²) in [5.41, 5.74) is 0.792. The average Bonchev–Trinajstić information content (AvgIpc) is 2.39. The van der Waals surface area contributed by atoms with Crippen molar-refractivity contribution in [2.75, 3.05) is 5.33 Å². The van der Waals surface area contributed by atoms with Gasteiger partial charge in [0.2, 0.25) is 0 Å². The van der Waals surface area contributed by atoms with Gasteiger partial charge in [0.1, 0.15) is 0 Å². The summed E-state index contributed by atoms with van der Waals surface area (Å²) < 4.78 is 0. The van der Waals surface area contributed by atoms with E-state index in [1.54, 1.807) is 0 Å². The maximum atomic E-state index is 11.6. The Morgan fingerprint density at radius 2 is 1.69 bits per heavy atom. The summed E-state index contributed by atoms with van der Waals surface area (Å²) >= 11 is 3.19. The SMILES string of the molecule is CC.O=C(CBr)c1cccc2ccccc12. The highest BCUT2D eigenvalue weighted by molar-refractivity contribution is 9.09. The molecule has 0 heterocycles. The Bertz CT molecular complexity index is 472. The number of ketones is 1. The second-order valence-electron chi connectivity index (χ2n) is 3.08. The molecule has 16 heavy (non-hydrogen) atoms. The van der Waals surface area contributed by atoms with Crippen molar-refractivity contribution in [2.45, 2.75) is 13.8 Å². The average molecular weight is 279 g/mol. The number of carbonyl (C=O) groups is 1. The molecule has 0 aliphatic carbocycles. The molecule has 0 atom stereocenters. The van der Waals surface area contributed by atoms with Crippen LogP contribution < -0.4 is 0 Å². The Morgan fingerprint density at radius 1 is 1.06 bits per heavy atom. The van der Waals surface area contributed by atoms with Gasteiger partial charge in [-0.25, -0.2) is 0 Å². The van der Waals surface area contributed by atoms with Gasteiger partial charge in [0, 0.05) is 5.56 Å². The predicted octanol–water partition coefficient (Wildman–Crippen LogP) is 4.44. The number of halogens is 1. The summed E-state index contributed by atoms with van der Waals surface area (Å²) in [5.74, 6) is 0.127. The molecule has 0 unspecified atom stereocenters. The Balaban J connectivity index is 0.000000606. The monoisotopic (exact) mass is 278 g/mol. The first-order valence-corrected chi connectivity index (χ1v) is 6.52. The fourth-order valence-corrected chi connectivity index (χ4v) is 1.84. The summed E-state index contributed by atoms with van der Waals surface area (Å²) in [6.45, 7) is 4.00. The Hall–Kier alpha value is -1.15. The molecule has 2 aromatic rings. The van der Waals surface area contributed by atoms with Crippen molar-refractivity contribution in [3.8, 4) is 0 Å². The largest absolute Gasteiger partial charge is 0.293 e. The fraction of sp³-hybridized carbons (Fsp3) is 0.214. The zero-order valence-corrected chi connectivity index (χ0v) is 11.1. The van der Waals surface area contributed by atoms with E-state index in [1.807, 2.05) is 56.3 Å². The third-order valence-corrected chi connectivity index (χ3v) is 2.72. The molecule has 0 radical (unpaired) electrons. The van der Waals surface area contributed by atoms with Gasteiger partial charge in [0.25, 0.3) is 0 Å². The number of carbonyl (C=O) groups excluding carboxylic acids is 1. The molecule has 0 aliphatic rings. The standard InChI is InChI=1S/C12H9BrO.C2H6/c13-8-12(14)11-7-3-5-9-4-1-2-6-10(9)11;1-2/h1-7H,8H2;1-2H3. The molecule has 0 aliphatic heterocycles. The van der Waals surface area contributed by atoms with E-state index in [-0.39, 0.29) is 5.78 Å². The highest BCUT2D eigenvalue weighted by atomic mass is 79.9. The van der Waals surface area contributed by atoms with Gasteiger partial charge in [-0.1, -0.05) is 72.2 Å². The summed E-state index contributed by atoms with van der Waals surface area (Å²) in [5, 5.41) is 2.51. The lowest BCUT2D eigenvalue weighted by atomic mass is 10.0. The minimum Gasteiger partial charge on any atom is -0.293 e. The van der Waals surface area contributed by atoms with Crippen LogP contribution in [0.15, 0.2) is 42.5 Å². The van der Waals surface area contributed by atoms with Crippen LogP contribution in [0.1, 0.15) is 24.2 Å². The molecular weight excluding hydrogens is 264 g/mol. The third-order valence-electron chi connectivity index (χ3n) is 2.21. The van der Waals surface area contributed by atoms with Gasteiger partial charge < -0.3 is 0 Å².